The van der Waals surface area contributed by atoms with E-state index in [0.29, 0.717) is 0 Å². The van der Waals surface area contributed by atoms with E-state index in [2.05, 4.69) is 66.3 Å². The van der Waals surface area contributed by atoms with Crippen molar-refractivity contribution in [3.05, 3.63) is 68.1 Å². The van der Waals surface area contributed by atoms with Gasteiger partial charge in [0.2, 0.25) is 0 Å². The number of nitrogens with one attached hydrogen (secondary N) is 1. The average molecular weight is 353 g/mol. The Balaban J connectivity index is 2.49. The van der Waals surface area contributed by atoms with Gasteiger partial charge < -0.3 is 5.32 Å². The Kier molecular flexibility index (Phi) is 5.25. The lowest BCUT2D eigenvalue weighted by Crippen LogP contribution is -2.22. The summed E-state index contributed by atoms with van der Waals surface area (Å²) >= 11 is 9.71. The molecule has 1 N–H and O–H groups in total. The second kappa shape index (κ2) is 6.75. The van der Waals surface area contributed by atoms with Crippen molar-refractivity contribution in [3.8, 4) is 0 Å². The molecule has 0 aliphatic rings. The number of hydrogen-bond acceptors (Lipinski definition) is 1. The lowest BCUT2D eigenvalue weighted by Gasteiger charge is -2.20. The molecule has 106 valence electrons. The Bertz CT molecular complexity index is 518. The molecule has 0 spiro atoms. The lowest BCUT2D eigenvalue weighted by molar-refractivity contribution is 0.629. The summed E-state index contributed by atoms with van der Waals surface area (Å²) < 4.78 is 1.01. The third-order valence-corrected chi connectivity index (χ3v) is 3.88. The van der Waals surface area contributed by atoms with E-state index >= 15 is 0 Å². The third-order valence-electron chi connectivity index (χ3n) is 3.20. The molecule has 0 bridgehead atoms. The van der Waals surface area contributed by atoms with Gasteiger partial charge in [0.1, 0.15) is 0 Å². The highest BCUT2D eigenvalue weighted by Crippen LogP contribution is 2.29. The first-order valence-electron chi connectivity index (χ1n) is 6.77. The van der Waals surface area contributed by atoms with Crippen LogP contribution in [0.2, 0.25) is 5.02 Å². The van der Waals surface area contributed by atoms with Crippen molar-refractivity contribution in [2.45, 2.75) is 26.8 Å². The van der Waals surface area contributed by atoms with Crippen LogP contribution in [-0.2, 0) is 0 Å². The average Bonchev–Trinajstić information content (AvgIpc) is 2.33. The van der Waals surface area contributed by atoms with Crippen molar-refractivity contribution in [1.82, 2.24) is 5.32 Å². The zero-order valence-corrected chi connectivity index (χ0v) is 14.3. The van der Waals surface area contributed by atoms with Crippen LogP contribution < -0.4 is 5.32 Å². The summed E-state index contributed by atoms with van der Waals surface area (Å²) in [6.45, 7) is 7.29. The number of rotatable bonds is 4. The largest absolute Gasteiger partial charge is 0.307 e. The number of benzene rings is 2. The molecule has 0 heterocycles. The summed E-state index contributed by atoms with van der Waals surface area (Å²) in [6.07, 6.45) is 0. The summed E-state index contributed by atoms with van der Waals surface area (Å²) in [7, 11) is 0. The Hall–Kier alpha value is -0.830. The fourth-order valence-corrected chi connectivity index (χ4v) is 3.44. The number of hydrogen-bond donors (Lipinski definition) is 1. The predicted octanol–water partition coefficient (Wildman–Crippen LogP) is 5.42. The fourth-order valence-electron chi connectivity index (χ4n) is 2.55. The van der Waals surface area contributed by atoms with Gasteiger partial charge in [0.25, 0.3) is 0 Å². The van der Waals surface area contributed by atoms with E-state index in [9.17, 15) is 0 Å². The van der Waals surface area contributed by atoms with E-state index in [4.69, 9.17) is 11.6 Å². The predicted molar refractivity (Wildman–Crippen MR) is 90.6 cm³/mol. The van der Waals surface area contributed by atoms with Gasteiger partial charge in [0, 0.05) is 9.50 Å². The summed E-state index contributed by atoms with van der Waals surface area (Å²) in [4.78, 5) is 0. The normalized spacial score (nSPS) is 12.4. The monoisotopic (exact) mass is 351 g/mol. The van der Waals surface area contributed by atoms with Gasteiger partial charge in [-0.25, -0.2) is 0 Å². The second-order valence-corrected chi connectivity index (χ2v) is 6.47. The molecule has 2 rings (SSSR count). The smallest absolute Gasteiger partial charge is 0.0577 e. The molecule has 3 heteroatoms. The van der Waals surface area contributed by atoms with Gasteiger partial charge in [-0.2, -0.15) is 0 Å². The molecular weight excluding hydrogens is 334 g/mol. The van der Waals surface area contributed by atoms with Crippen molar-refractivity contribution in [2.24, 2.45) is 0 Å². The lowest BCUT2D eigenvalue weighted by atomic mass is 9.95. The quantitative estimate of drug-likeness (QED) is 0.775. The molecule has 0 saturated carbocycles. The minimum Gasteiger partial charge on any atom is -0.307 e. The molecule has 0 radical (unpaired) electrons. The van der Waals surface area contributed by atoms with Crippen LogP contribution in [-0.4, -0.2) is 6.54 Å². The van der Waals surface area contributed by atoms with Crippen LogP contribution in [0.25, 0.3) is 0 Å². The van der Waals surface area contributed by atoms with Crippen LogP contribution in [0.1, 0.15) is 35.2 Å². The Morgan fingerprint density at radius 3 is 2.15 bits per heavy atom. The Morgan fingerprint density at radius 2 is 1.60 bits per heavy atom. The van der Waals surface area contributed by atoms with Crippen LogP contribution in [0.5, 0.6) is 0 Å². The highest BCUT2D eigenvalue weighted by atomic mass is 79.9. The van der Waals surface area contributed by atoms with Gasteiger partial charge in [-0.15, -0.1) is 0 Å². The molecule has 20 heavy (non-hydrogen) atoms. The Morgan fingerprint density at radius 1 is 1.00 bits per heavy atom. The van der Waals surface area contributed by atoms with Crippen molar-refractivity contribution < 1.29 is 0 Å². The van der Waals surface area contributed by atoms with E-state index < -0.39 is 0 Å². The summed E-state index contributed by atoms with van der Waals surface area (Å²) in [5.41, 5.74) is 5.02. The number of halogens is 2. The molecule has 0 saturated heterocycles. The van der Waals surface area contributed by atoms with E-state index in [0.717, 1.165) is 16.0 Å². The van der Waals surface area contributed by atoms with Gasteiger partial charge >= 0.3 is 0 Å². The highest BCUT2D eigenvalue weighted by Gasteiger charge is 2.15. The highest BCUT2D eigenvalue weighted by molar-refractivity contribution is 9.10. The summed E-state index contributed by atoms with van der Waals surface area (Å²) in [6, 6.07) is 12.9. The molecule has 1 unspecified atom stereocenters. The van der Waals surface area contributed by atoms with E-state index in [1.807, 2.05) is 12.1 Å². The second-order valence-electron chi connectivity index (χ2n) is 5.11. The van der Waals surface area contributed by atoms with Crippen molar-refractivity contribution in [2.75, 3.05) is 6.54 Å². The fraction of sp³-hybridized carbons (Fsp3) is 0.294. The molecule has 0 amide bonds. The maximum absolute atomic E-state index is 6.19. The minimum atomic E-state index is 0.161. The van der Waals surface area contributed by atoms with Crippen molar-refractivity contribution >= 4 is 27.5 Å². The zero-order chi connectivity index (χ0) is 14.7. The molecule has 0 aliphatic heterocycles. The van der Waals surface area contributed by atoms with Gasteiger partial charge in [-0.05, 0) is 49.7 Å². The standard InChI is InChI=1S/C17H19BrClN/c1-4-20-17(13-6-11(2)5-12(3)7-13)14-8-15(18)10-16(19)9-14/h5-10,17,20H,4H2,1-3H3. The third kappa shape index (κ3) is 3.85. The maximum Gasteiger partial charge on any atom is 0.0577 e. The first-order valence-corrected chi connectivity index (χ1v) is 7.94. The number of aryl methyl sites for hydroxylation is 2. The minimum absolute atomic E-state index is 0.161. The van der Waals surface area contributed by atoms with Crippen LogP contribution >= 0.6 is 27.5 Å². The van der Waals surface area contributed by atoms with Crippen molar-refractivity contribution in [3.63, 3.8) is 0 Å². The molecule has 2 aromatic carbocycles. The molecule has 2 aromatic rings. The van der Waals surface area contributed by atoms with Gasteiger partial charge in [-0.1, -0.05) is 63.8 Å². The van der Waals surface area contributed by atoms with E-state index in [1.165, 1.54) is 22.3 Å². The van der Waals surface area contributed by atoms with Gasteiger partial charge in [-0.3, -0.25) is 0 Å². The van der Waals surface area contributed by atoms with Crippen LogP contribution in [0.3, 0.4) is 0 Å². The van der Waals surface area contributed by atoms with E-state index in [-0.39, 0.29) is 6.04 Å². The molecule has 0 fully saturated rings. The van der Waals surface area contributed by atoms with Crippen LogP contribution in [0, 0.1) is 13.8 Å². The zero-order valence-electron chi connectivity index (χ0n) is 12.0. The summed E-state index contributed by atoms with van der Waals surface area (Å²) in [5.74, 6) is 0. The van der Waals surface area contributed by atoms with Gasteiger partial charge in [0.05, 0.1) is 6.04 Å². The molecular formula is C17H19BrClN. The maximum atomic E-state index is 6.19. The molecule has 1 nitrogen and oxygen atoms in total. The molecule has 0 aliphatic carbocycles. The van der Waals surface area contributed by atoms with E-state index in [1.54, 1.807) is 0 Å². The van der Waals surface area contributed by atoms with Crippen molar-refractivity contribution in [1.29, 1.82) is 0 Å². The van der Waals surface area contributed by atoms with Gasteiger partial charge in [0.15, 0.2) is 0 Å². The van der Waals surface area contributed by atoms with Crippen LogP contribution in [0.4, 0.5) is 0 Å². The molecule has 0 aromatic heterocycles. The van der Waals surface area contributed by atoms with Crippen LogP contribution in [0.15, 0.2) is 40.9 Å². The topological polar surface area (TPSA) is 12.0 Å². The molecule has 1 atom stereocenters. The SMILES string of the molecule is CCNC(c1cc(C)cc(C)c1)c1cc(Cl)cc(Br)c1. The first kappa shape index (κ1) is 15.6. The first-order chi connectivity index (χ1) is 9.49. The summed E-state index contributed by atoms with van der Waals surface area (Å²) in [5, 5.41) is 4.30. The Labute approximate surface area is 134 Å².